The zero-order valence-corrected chi connectivity index (χ0v) is 14.0. The molecule has 2 rings (SSSR count). The Morgan fingerprint density at radius 3 is 2.57 bits per heavy atom. The summed E-state index contributed by atoms with van der Waals surface area (Å²) in [6.07, 6.45) is 5.25. The van der Waals surface area contributed by atoms with Gasteiger partial charge in [0.15, 0.2) is 0 Å². The molecule has 1 aliphatic carbocycles. The van der Waals surface area contributed by atoms with Crippen molar-refractivity contribution in [3.8, 4) is 0 Å². The topological polar surface area (TPSA) is 115 Å². The van der Waals surface area contributed by atoms with Crippen LogP contribution in [0.5, 0.6) is 0 Å². The van der Waals surface area contributed by atoms with E-state index < -0.39 is 14.9 Å². The maximum Gasteiger partial charge on any atom is 0.270 e. The van der Waals surface area contributed by atoms with Crippen molar-refractivity contribution >= 4 is 15.7 Å². The molecule has 0 saturated heterocycles. The van der Waals surface area contributed by atoms with Crippen LogP contribution < -0.4 is 10.5 Å². The Kier molecular flexibility index (Phi) is 5.72. The highest BCUT2D eigenvalue weighted by molar-refractivity contribution is 7.89. The predicted molar refractivity (Wildman–Crippen MR) is 87.6 cm³/mol. The van der Waals surface area contributed by atoms with Crippen LogP contribution >= 0.6 is 0 Å². The lowest BCUT2D eigenvalue weighted by Gasteiger charge is -2.30. The number of sulfonamides is 1. The average Bonchev–Trinajstić information content (AvgIpc) is 2.53. The van der Waals surface area contributed by atoms with Crippen LogP contribution in [0.2, 0.25) is 0 Å². The number of benzene rings is 1. The van der Waals surface area contributed by atoms with Gasteiger partial charge in [-0.2, -0.15) is 0 Å². The minimum Gasteiger partial charge on any atom is -0.329 e. The van der Waals surface area contributed by atoms with Crippen molar-refractivity contribution in [3.05, 3.63) is 33.9 Å². The van der Waals surface area contributed by atoms with Gasteiger partial charge in [-0.1, -0.05) is 25.3 Å². The van der Waals surface area contributed by atoms with Crippen LogP contribution in [0, 0.1) is 23.0 Å². The molecule has 0 radical (unpaired) electrons. The molecule has 7 nitrogen and oxygen atoms in total. The Hall–Kier alpha value is -1.51. The van der Waals surface area contributed by atoms with Gasteiger partial charge in [-0.3, -0.25) is 10.1 Å². The van der Waals surface area contributed by atoms with Gasteiger partial charge in [0.25, 0.3) is 5.69 Å². The fraction of sp³-hybridized carbons (Fsp3) is 0.600. The highest BCUT2D eigenvalue weighted by Gasteiger charge is 2.29. The Labute approximate surface area is 136 Å². The Morgan fingerprint density at radius 1 is 1.35 bits per heavy atom. The first-order chi connectivity index (χ1) is 10.8. The third-order valence-electron chi connectivity index (χ3n) is 4.45. The smallest absolute Gasteiger partial charge is 0.270 e. The molecule has 0 aromatic heterocycles. The lowest BCUT2D eigenvalue weighted by Crippen LogP contribution is -2.45. The van der Waals surface area contributed by atoms with Gasteiger partial charge in [-0.25, -0.2) is 13.1 Å². The van der Waals surface area contributed by atoms with E-state index >= 15 is 0 Å². The molecule has 8 heteroatoms. The highest BCUT2D eigenvalue weighted by atomic mass is 32.2. The molecule has 1 fully saturated rings. The van der Waals surface area contributed by atoms with Gasteiger partial charge < -0.3 is 5.73 Å². The number of nitrogens with two attached hydrogens (primary N) is 1. The van der Waals surface area contributed by atoms with Crippen molar-refractivity contribution in [2.75, 3.05) is 6.54 Å². The largest absolute Gasteiger partial charge is 0.329 e. The van der Waals surface area contributed by atoms with E-state index in [4.69, 9.17) is 5.73 Å². The number of aryl methyl sites for hydroxylation is 1. The first kappa shape index (κ1) is 17.8. The first-order valence-electron chi connectivity index (χ1n) is 7.82. The molecule has 0 aliphatic heterocycles. The van der Waals surface area contributed by atoms with Gasteiger partial charge in [0.1, 0.15) is 0 Å². The molecule has 128 valence electrons. The van der Waals surface area contributed by atoms with Crippen LogP contribution in [-0.4, -0.2) is 25.9 Å². The fourth-order valence-electron chi connectivity index (χ4n) is 3.13. The highest BCUT2D eigenvalue weighted by Crippen LogP contribution is 2.28. The molecule has 3 N–H and O–H groups in total. The fourth-order valence-corrected chi connectivity index (χ4v) is 4.71. The van der Waals surface area contributed by atoms with Crippen LogP contribution in [0.15, 0.2) is 23.1 Å². The van der Waals surface area contributed by atoms with Crippen molar-refractivity contribution in [3.63, 3.8) is 0 Å². The van der Waals surface area contributed by atoms with Gasteiger partial charge in [0.05, 0.1) is 9.82 Å². The maximum absolute atomic E-state index is 12.7. The number of hydrogen-bond donors (Lipinski definition) is 2. The maximum atomic E-state index is 12.7. The number of nitro groups is 1. The standard InChI is InChI=1S/C15H23N3O4S/c1-11-7-8-13(18(19)20)9-15(11)23(21,22)17-14(10-16)12-5-3-2-4-6-12/h7-9,12,14,17H,2-6,10,16H2,1H3. The second kappa shape index (κ2) is 7.37. The lowest BCUT2D eigenvalue weighted by molar-refractivity contribution is -0.385. The van der Waals surface area contributed by atoms with Crippen molar-refractivity contribution in [1.29, 1.82) is 0 Å². The second-order valence-corrected chi connectivity index (χ2v) is 7.75. The van der Waals surface area contributed by atoms with Gasteiger partial charge in [-0.15, -0.1) is 0 Å². The molecule has 1 saturated carbocycles. The molecule has 1 aromatic rings. The Bertz CT molecular complexity index is 669. The SMILES string of the molecule is Cc1ccc([N+](=O)[O-])cc1S(=O)(=O)NC(CN)C1CCCCC1. The monoisotopic (exact) mass is 341 g/mol. The van der Waals surface area contributed by atoms with E-state index in [-0.39, 0.29) is 29.1 Å². The molecule has 0 bridgehead atoms. The van der Waals surface area contributed by atoms with Crippen molar-refractivity contribution in [1.82, 2.24) is 4.72 Å². The summed E-state index contributed by atoms with van der Waals surface area (Å²) in [6, 6.07) is 3.52. The average molecular weight is 341 g/mol. The van der Waals surface area contributed by atoms with Crippen molar-refractivity contribution in [2.24, 2.45) is 11.7 Å². The quantitative estimate of drug-likeness (QED) is 0.607. The molecule has 1 aliphatic rings. The third-order valence-corrected chi connectivity index (χ3v) is 6.08. The van der Waals surface area contributed by atoms with Gasteiger partial charge in [0.2, 0.25) is 10.0 Å². The van der Waals surface area contributed by atoms with E-state index in [0.717, 1.165) is 31.7 Å². The van der Waals surface area contributed by atoms with Gasteiger partial charge in [0, 0.05) is 24.7 Å². The number of nitro benzene ring substituents is 1. The normalized spacial score (nSPS) is 17.8. The van der Waals surface area contributed by atoms with E-state index in [2.05, 4.69) is 4.72 Å². The van der Waals surface area contributed by atoms with Gasteiger partial charge >= 0.3 is 0 Å². The molecular formula is C15H23N3O4S. The van der Waals surface area contributed by atoms with Crippen molar-refractivity contribution in [2.45, 2.75) is 50.0 Å². The Balaban J connectivity index is 2.26. The molecule has 1 atom stereocenters. The summed E-state index contributed by atoms with van der Waals surface area (Å²) in [5, 5.41) is 10.9. The number of nitrogens with zero attached hydrogens (tertiary/aromatic N) is 1. The predicted octanol–water partition coefficient (Wildman–Crippen LogP) is 2.09. The molecule has 1 aromatic carbocycles. The number of non-ortho nitro benzene ring substituents is 1. The van der Waals surface area contributed by atoms with Crippen LogP contribution in [0.4, 0.5) is 5.69 Å². The minimum absolute atomic E-state index is 0.0547. The summed E-state index contributed by atoms with van der Waals surface area (Å²) in [5.41, 5.74) is 6.01. The molecule has 23 heavy (non-hydrogen) atoms. The third kappa shape index (κ3) is 4.27. The summed E-state index contributed by atoms with van der Waals surface area (Å²) in [5.74, 6) is 0.225. The second-order valence-electron chi connectivity index (χ2n) is 6.07. The molecular weight excluding hydrogens is 318 g/mol. The van der Waals surface area contributed by atoms with E-state index in [1.807, 2.05) is 0 Å². The molecule has 0 heterocycles. The van der Waals surface area contributed by atoms with E-state index in [9.17, 15) is 18.5 Å². The lowest BCUT2D eigenvalue weighted by atomic mass is 9.84. The van der Waals surface area contributed by atoms with Gasteiger partial charge in [-0.05, 0) is 31.2 Å². The summed E-state index contributed by atoms with van der Waals surface area (Å²) >= 11 is 0. The van der Waals surface area contributed by atoms with E-state index in [1.165, 1.54) is 18.6 Å². The first-order valence-corrected chi connectivity index (χ1v) is 9.31. The molecule has 0 amide bonds. The van der Waals surface area contributed by atoms with Crippen LogP contribution in [-0.2, 0) is 10.0 Å². The molecule has 0 spiro atoms. The summed E-state index contributed by atoms with van der Waals surface area (Å²) in [6.45, 7) is 1.84. The number of rotatable bonds is 6. The van der Waals surface area contributed by atoms with E-state index in [0.29, 0.717) is 5.56 Å². The van der Waals surface area contributed by atoms with Crippen LogP contribution in [0.1, 0.15) is 37.7 Å². The summed E-state index contributed by atoms with van der Waals surface area (Å²) < 4.78 is 28.0. The Morgan fingerprint density at radius 2 is 2.00 bits per heavy atom. The minimum atomic E-state index is -3.84. The molecule has 1 unspecified atom stereocenters. The van der Waals surface area contributed by atoms with Crippen LogP contribution in [0.25, 0.3) is 0 Å². The summed E-state index contributed by atoms with van der Waals surface area (Å²) in [4.78, 5) is 10.2. The van der Waals surface area contributed by atoms with Crippen LogP contribution in [0.3, 0.4) is 0 Å². The summed E-state index contributed by atoms with van der Waals surface area (Å²) in [7, 11) is -3.84. The number of nitrogens with one attached hydrogen (secondary N) is 1. The van der Waals surface area contributed by atoms with Crippen molar-refractivity contribution < 1.29 is 13.3 Å². The zero-order chi connectivity index (χ0) is 17.0. The number of hydrogen-bond acceptors (Lipinski definition) is 5. The zero-order valence-electron chi connectivity index (χ0n) is 13.2. The van der Waals surface area contributed by atoms with E-state index in [1.54, 1.807) is 6.92 Å².